The van der Waals surface area contributed by atoms with E-state index in [2.05, 4.69) is 15.5 Å². The van der Waals surface area contributed by atoms with E-state index < -0.39 is 6.09 Å². The number of aromatic amines is 1. The number of benzene rings is 2. The largest absolute Gasteiger partial charge is 0.445 e. The van der Waals surface area contributed by atoms with E-state index in [9.17, 15) is 14.0 Å². The monoisotopic (exact) mass is 452 g/mol. The van der Waals surface area contributed by atoms with E-state index in [0.717, 1.165) is 48.2 Å². The number of halogens is 1. The van der Waals surface area contributed by atoms with Gasteiger partial charge in [-0.05, 0) is 55.2 Å². The van der Waals surface area contributed by atoms with Gasteiger partial charge in [0.15, 0.2) is 0 Å². The van der Waals surface area contributed by atoms with Gasteiger partial charge in [-0.3, -0.25) is 9.89 Å². The summed E-state index contributed by atoms with van der Waals surface area (Å²) < 4.78 is 18.1. The number of unbranched alkanes of at least 4 members (excludes halogenated alkanes) is 2. The quantitative estimate of drug-likeness (QED) is 0.425. The Labute approximate surface area is 193 Å². The summed E-state index contributed by atoms with van der Waals surface area (Å²) in [4.78, 5) is 25.6. The van der Waals surface area contributed by atoms with Crippen LogP contribution in [0, 0.1) is 5.82 Å². The first-order valence-corrected chi connectivity index (χ1v) is 11.0. The van der Waals surface area contributed by atoms with Gasteiger partial charge in [-0.15, -0.1) is 0 Å². The molecule has 3 rings (SSSR count). The molecule has 0 aliphatic heterocycles. The Kier molecular flexibility index (Phi) is 8.99. The Balaban J connectivity index is 1.27. The topological polar surface area (TPSA) is 87.3 Å². The molecule has 33 heavy (non-hydrogen) atoms. The number of aromatic nitrogens is 2. The van der Waals surface area contributed by atoms with Crippen LogP contribution in [0.4, 0.5) is 9.18 Å². The fourth-order valence-electron chi connectivity index (χ4n) is 3.28. The maximum atomic E-state index is 13.0. The van der Waals surface area contributed by atoms with Crippen LogP contribution < -0.4 is 5.32 Å². The van der Waals surface area contributed by atoms with Crippen LogP contribution in [-0.2, 0) is 22.6 Å². The van der Waals surface area contributed by atoms with Crippen LogP contribution in [0.3, 0.4) is 0 Å². The zero-order chi connectivity index (χ0) is 23.5. The van der Waals surface area contributed by atoms with Gasteiger partial charge in [0, 0.05) is 24.8 Å². The lowest BCUT2D eigenvalue weighted by Crippen LogP contribution is -2.38. The standard InChI is InChI=1S/C25H29FN4O3/c1-30(24(31)17-27-25(32)33-18-19-8-4-2-5-9-19)15-7-3-6-10-22-16-23(29-28-22)20-11-13-21(26)14-12-20/h2,4-5,8-9,11-14,16H,3,6-7,10,15,17-18H2,1H3,(H,27,32)(H,28,29). The molecule has 0 saturated heterocycles. The van der Waals surface area contributed by atoms with Crippen molar-refractivity contribution in [2.24, 2.45) is 0 Å². The summed E-state index contributed by atoms with van der Waals surface area (Å²) in [6.07, 6.45) is 3.01. The van der Waals surface area contributed by atoms with E-state index >= 15 is 0 Å². The second-order valence-electron chi connectivity index (χ2n) is 7.83. The molecule has 2 N–H and O–H groups in total. The van der Waals surface area contributed by atoms with Crippen molar-refractivity contribution in [1.29, 1.82) is 0 Å². The zero-order valence-corrected chi connectivity index (χ0v) is 18.7. The van der Waals surface area contributed by atoms with E-state index in [4.69, 9.17) is 4.74 Å². The number of H-pyrrole nitrogens is 1. The van der Waals surface area contributed by atoms with Crippen LogP contribution in [0.5, 0.6) is 0 Å². The number of aryl methyl sites for hydroxylation is 1. The van der Waals surface area contributed by atoms with Crippen molar-refractivity contribution in [3.63, 3.8) is 0 Å². The van der Waals surface area contributed by atoms with Crippen LogP contribution in [0.2, 0.25) is 0 Å². The van der Waals surface area contributed by atoms with Crippen LogP contribution in [-0.4, -0.2) is 47.2 Å². The first kappa shape index (κ1) is 24.0. The average molecular weight is 453 g/mol. The number of carbonyl (C=O) groups is 2. The van der Waals surface area contributed by atoms with Crippen molar-refractivity contribution in [2.75, 3.05) is 20.1 Å². The lowest BCUT2D eigenvalue weighted by molar-refractivity contribution is -0.128. The highest BCUT2D eigenvalue weighted by molar-refractivity contribution is 5.82. The summed E-state index contributed by atoms with van der Waals surface area (Å²) in [7, 11) is 1.73. The van der Waals surface area contributed by atoms with Crippen LogP contribution in [0.15, 0.2) is 60.7 Å². The number of nitrogens with one attached hydrogen (secondary N) is 2. The molecule has 8 heteroatoms. The van der Waals surface area contributed by atoms with Crippen molar-refractivity contribution < 1.29 is 18.7 Å². The molecular weight excluding hydrogens is 423 g/mol. The number of hydrogen-bond donors (Lipinski definition) is 2. The van der Waals surface area contributed by atoms with Gasteiger partial charge in [0.25, 0.3) is 0 Å². The summed E-state index contributed by atoms with van der Waals surface area (Å²) in [6, 6.07) is 17.6. The van der Waals surface area contributed by atoms with Gasteiger partial charge in [-0.2, -0.15) is 5.10 Å². The normalized spacial score (nSPS) is 10.6. The molecule has 0 aliphatic rings. The number of likely N-dealkylation sites (N-methyl/N-ethyl adjacent to an activating group) is 1. The van der Waals surface area contributed by atoms with Crippen LogP contribution in [0.25, 0.3) is 11.3 Å². The fourth-order valence-corrected chi connectivity index (χ4v) is 3.28. The van der Waals surface area contributed by atoms with Crippen molar-refractivity contribution in [3.8, 4) is 11.3 Å². The maximum absolute atomic E-state index is 13.0. The van der Waals surface area contributed by atoms with Crippen LogP contribution in [0.1, 0.15) is 30.5 Å². The molecule has 2 aromatic carbocycles. The van der Waals surface area contributed by atoms with Gasteiger partial charge in [0.2, 0.25) is 5.91 Å². The van der Waals surface area contributed by atoms with Crippen molar-refractivity contribution >= 4 is 12.0 Å². The predicted molar refractivity (Wildman–Crippen MR) is 124 cm³/mol. The number of amides is 2. The summed E-state index contributed by atoms with van der Waals surface area (Å²) >= 11 is 0. The van der Waals surface area contributed by atoms with E-state index in [1.807, 2.05) is 36.4 Å². The molecule has 0 radical (unpaired) electrons. The smallest absolute Gasteiger partial charge is 0.407 e. The molecular formula is C25H29FN4O3. The SMILES string of the molecule is CN(CCCCCc1cc(-c2ccc(F)cc2)n[nH]1)C(=O)CNC(=O)OCc1ccccc1. The van der Waals surface area contributed by atoms with Gasteiger partial charge in [0.1, 0.15) is 19.0 Å². The molecule has 2 amide bonds. The summed E-state index contributed by atoms with van der Waals surface area (Å²) in [5, 5.41) is 9.80. The second-order valence-corrected chi connectivity index (χ2v) is 7.83. The summed E-state index contributed by atoms with van der Waals surface area (Å²) in [6.45, 7) is 0.687. The van der Waals surface area contributed by atoms with Gasteiger partial charge in [-0.1, -0.05) is 36.8 Å². The van der Waals surface area contributed by atoms with Gasteiger partial charge in [0.05, 0.1) is 5.69 Å². The van der Waals surface area contributed by atoms with E-state index in [0.29, 0.717) is 6.54 Å². The number of carbonyl (C=O) groups excluding carboxylic acids is 2. The highest BCUT2D eigenvalue weighted by atomic mass is 19.1. The molecule has 1 aromatic heterocycles. The molecule has 3 aromatic rings. The molecule has 0 aliphatic carbocycles. The molecule has 0 spiro atoms. The lowest BCUT2D eigenvalue weighted by atomic mass is 10.1. The highest BCUT2D eigenvalue weighted by Gasteiger charge is 2.11. The number of hydrogen-bond acceptors (Lipinski definition) is 4. The minimum Gasteiger partial charge on any atom is -0.445 e. The van der Waals surface area contributed by atoms with Crippen molar-refractivity contribution in [2.45, 2.75) is 32.3 Å². The molecule has 0 unspecified atom stereocenters. The third-order valence-corrected chi connectivity index (χ3v) is 5.23. The Morgan fingerprint density at radius 2 is 1.82 bits per heavy atom. The lowest BCUT2D eigenvalue weighted by Gasteiger charge is -2.17. The number of alkyl carbamates (subject to hydrolysis) is 1. The van der Waals surface area contributed by atoms with Gasteiger partial charge >= 0.3 is 6.09 Å². The predicted octanol–water partition coefficient (Wildman–Crippen LogP) is 4.31. The van der Waals surface area contributed by atoms with Crippen molar-refractivity contribution in [1.82, 2.24) is 20.4 Å². The average Bonchev–Trinajstić information content (AvgIpc) is 3.31. The zero-order valence-electron chi connectivity index (χ0n) is 18.7. The number of ether oxygens (including phenoxy) is 1. The first-order chi connectivity index (χ1) is 16.0. The Morgan fingerprint density at radius 1 is 1.06 bits per heavy atom. The summed E-state index contributed by atoms with van der Waals surface area (Å²) in [5.41, 5.74) is 3.58. The second kappa shape index (κ2) is 12.4. The Hall–Kier alpha value is -3.68. The van der Waals surface area contributed by atoms with Crippen LogP contribution >= 0.6 is 0 Å². The number of rotatable bonds is 11. The first-order valence-electron chi connectivity index (χ1n) is 11.0. The van der Waals surface area contributed by atoms with Crippen molar-refractivity contribution in [3.05, 3.63) is 77.7 Å². The van der Waals surface area contributed by atoms with E-state index in [-0.39, 0.29) is 24.9 Å². The molecule has 0 fully saturated rings. The molecule has 0 atom stereocenters. The minimum atomic E-state index is -0.611. The molecule has 7 nitrogen and oxygen atoms in total. The third-order valence-electron chi connectivity index (χ3n) is 5.23. The van der Waals surface area contributed by atoms with Gasteiger partial charge < -0.3 is 15.0 Å². The fraction of sp³-hybridized carbons (Fsp3) is 0.320. The Bertz CT molecular complexity index is 1020. The Morgan fingerprint density at radius 3 is 2.58 bits per heavy atom. The molecule has 0 saturated carbocycles. The minimum absolute atomic E-state index is 0.0928. The molecule has 0 bridgehead atoms. The van der Waals surface area contributed by atoms with E-state index in [1.165, 1.54) is 12.1 Å². The summed E-state index contributed by atoms with van der Waals surface area (Å²) in [5.74, 6) is -0.430. The molecule has 1 heterocycles. The maximum Gasteiger partial charge on any atom is 0.407 e. The van der Waals surface area contributed by atoms with Gasteiger partial charge in [-0.25, -0.2) is 9.18 Å². The highest BCUT2D eigenvalue weighted by Crippen LogP contribution is 2.19. The number of nitrogens with zero attached hydrogens (tertiary/aromatic N) is 2. The van der Waals surface area contributed by atoms with E-state index in [1.54, 1.807) is 24.1 Å². The third kappa shape index (κ3) is 8.07. The molecule has 174 valence electrons.